The highest BCUT2D eigenvalue weighted by Gasteiger charge is 2.32. The molecule has 0 bridgehead atoms. The SMILES string of the molecule is CCOC(=O)[C@@H](C(=O)CSc1nnc(-c2cccc(Cl)c2)o1)c1nc(C)cs1. The minimum absolute atomic E-state index is 0.0285. The molecule has 28 heavy (non-hydrogen) atoms. The van der Waals surface area contributed by atoms with Crippen molar-refractivity contribution in [3.8, 4) is 11.5 Å². The number of aromatic nitrogens is 3. The van der Waals surface area contributed by atoms with Crippen molar-refractivity contribution in [1.29, 1.82) is 0 Å². The van der Waals surface area contributed by atoms with Gasteiger partial charge in [-0.1, -0.05) is 29.4 Å². The molecule has 0 aliphatic rings. The van der Waals surface area contributed by atoms with Crippen molar-refractivity contribution in [2.45, 2.75) is 25.0 Å². The van der Waals surface area contributed by atoms with Crippen LogP contribution in [0.4, 0.5) is 0 Å². The van der Waals surface area contributed by atoms with Gasteiger partial charge < -0.3 is 9.15 Å². The van der Waals surface area contributed by atoms with Crippen molar-refractivity contribution < 1.29 is 18.7 Å². The Kier molecular flexibility index (Phi) is 6.82. The zero-order valence-electron chi connectivity index (χ0n) is 15.0. The van der Waals surface area contributed by atoms with Crippen molar-refractivity contribution in [3.05, 3.63) is 45.4 Å². The molecule has 2 heterocycles. The van der Waals surface area contributed by atoms with E-state index in [1.165, 1.54) is 11.3 Å². The van der Waals surface area contributed by atoms with E-state index >= 15 is 0 Å². The van der Waals surface area contributed by atoms with Gasteiger partial charge in [0.1, 0.15) is 5.01 Å². The predicted octanol–water partition coefficient (Wildman–Crippen LogP) is 4.16. The topological polar surface area (TPSA) is 95.2 Å². The zero-order chi connectivity index (χ0) is 20.1. The molecule has 0 amide bonds. The Labute approximate surface area is 174 Å². The summed E-state index contributed by atoms with van der Waals surface area (Å²) in [7, 11) is 0. The normalized spacial score (nSPS) is 12.0. The predicted molar refractivity (Wildman–Crippen MR) is 107 cm³/mol. The van der Waals surface area contributed by atoms with Crippen LogP contribution in [0.15, 0.2) is 39.3 Å². The molecule has 0 spiro atoms. The van der Waals surface area contributed by atoms with E-state index in [4.69, 9.17) is 20.8 Å². The van der Waals surface area contributed by atoms with E-state index in [0.717, 1.165) is 17.5 Å². The summed E-state index contributed by atoms with van der Waals surface area (Å²) in [6, 6.07) is 7.01. The molecule has 0 saturated heterocycles. The number of hydrogen-bond donors (Lipinski definition) is 0. The van der Waals surface area contributed by atoms with Crippen molar-refractivity contribution in [3.63, 3.8) is 0 Å². The fourth-order valence-electron chi connectivity index (χ4n) is 2.32. The Morgan fingerprint density at radius 2 is 2.18 bits per heavy atom. The van der Waals surface area contributed by atoms with Crippen LogP contribution in [0.3, 0.4) is 0 Å². The molecule has 1 aromatic carbocycles. The summed E-state index contributed by atoms with van der Waals surface area (Å²) in [5, 5.41) is 10.9. The first-order chi connectivity index (χ1) is 13.5. The van der Waals surface area contributed by atoms with E-state index in [2.05, 4.69) is 15.2 Å². The Bertz CT molecular complexity index is 989. The van der Waals surface area contributed by atoms with Crippen molar-refractivity contribution in [2.24, 2.45) is 0 Å². The van der Waals surface area contributed by atoms with Crippen LogP contribution in [0, 0.1) is 6.92 Å². The maximum Gasteiger partial charge on any atom is 0.323 e. The van der Waals surface area contributed by atoms with Crippen LogP contribution in [0.2, 0.25) is 5.02 Å². The van der Waals surface area contributed by atoms with Gasteiger partial charge in [-0.05, 0) is 32.0 Å². The number of carbonyl (C=O) groups excluding carboxylic acids is 2. The highest BCUT2D eigenvalue weighted by Crippen LogP contribution is 2.28. The fraction of sp³-hybridized carbons (Fsp3) is 0.278. The first kappa shape index (κ1) is 20.5. The van der Waals surface area contributed by atoms with E-state index in [-0.39, 0.29) is 23.4 Å². The number of rotatable bonds is 8. The number of hydrogen-bond acceptors (Lipinski definition) is 9. The summed E-state index contributed by atoms with van der Waals surface area (Å²) >= 11 is 8.28. The van der Waals surface area contributed by atoms with Gasteiger partial charge in [-0.3, -0.25) is 9.59 Å². The molecule has 7 nitrogen and oxygen atoms in total. The molecule has 3 aromatic rings. The van der Waals surface area contributed by atoms with Gasteiger partial charge >= 0.3 is 5.97 Å². The minimum atomic E-state index is -1.05. The number of nitrogens with zero attached hydrogens (tertiary/aromatic N) is 3. The summed E-state index contributed by atoms with van der Waals surface area (Å²) in [6.07, 6.45) is 0. The van der Waals surface area contributed by atoms with Crippen LogP contribution in [0.1, 0.15) is 23.5 Å². The smallest absolute Gasteiger partial charge is 0.323 e. The number of esters is 1. The van der Waals surface area contributed by atoms with E-state index < -0.39 is 11.9 Å². The summed E-state index contributed by atoms with van der Waals surface area (Å²) in [4.78, 5) is 29.2. The molecule has 10 heteroatoms. The molecule has 0 unspecified atom stereocenters. The van der Waals surface area contributed by atoms with Gasteiger partial charge in [-0.2, -0.15) is 0 Å². The van der Waals surface area contributed by atoms with Crippen LogP contribution < -0.4 is 0 Å². The highest BCUT2D eigenvalue weighted by atomic mass is 35.5. The van der Waals surface area contributed by atoms with Crippen LogP contribution in [-0.2, 0) is 14.3 Å². The number of ether oxygens (including phenoxy) is 1. The second-order valence-electron chi connectivity index (χ2n) is 5.65. The molecule has 0 N–H and O–H groups in total. The third kappa shape index (κ3) is 4.98. The Hall–Kier alpha value is -2.23. The van der Waals surface area contributed by atoms with Gasteiger partial charge in [0.05, 0.1) is 12.4 Å². The Morgan fingerprint density at radius 3 is 2.86 bits per heavy atom. The molecule has 1 atom stereocenters. The Morgan fingerprint density at radius 1 is 1.36 bits per heavy atom. The first-order valence-electron chi connectivity index (χ1n) is 8.31. The number of ketones is 1. The third-order valence-electron chi connectivity index (χ3n) is 3.54. The highest BCUT2D eigenvalue weighted by molar-refractivity contribution is 7.99. The van der Waals surface area contributed by atoms with E-state index in [0.29, 0.717) is 21.5 Å². The monoisotopic (exact) mass is 437 g/mol. The lowest BCUT2D eigenvalue weighted by atomic mass is 10.1. The molecule has 146 valence electrons. The molecule has 0 radical (unpaired) electrons. The number of Topliss-reactive ketones (excluding diaryl/α,β-unsaturated/α-hetero) is 1. The average molecular weight is 438 g/mol. The number of benzene rings is 1. The summed E-state index contributed by atoms with van der Waals surface area (Å²) < 4.78 is 10.6. The summed E-state index contributed by atoms with van der Waals surface area (Å²) in [5.74, 6) is -1.72. The second kappa shape index (κ2) is 9.31. The van der Waals surface area contributed by atoms with E-state index in [1.54, 1.807) is 43.5 Å². The number of halogens is 1. The molecule has 3 rings (SSSR count). The number of thiazole rings is 1. The van der Waals surface area contributed by atoms with E-state index in [9.17, 15) is 9.59 Å². The molecule has 0 aliphatic heterocycles. The first-order valence-corrected chi connectivity index (χ1v) is 10.6. The second-order valence-corrected chi connectivity index (χ2v) is 7.90. The molecule has 0 fully saturated rings. The van der Waals surface area contributed by atoms with Gasteiger partial charge in [0, 0.05) is 21.7 Å². The van der Waals surface area contributed by atoms with Crippen molar-refractivity contribution >= 4 is 46.5 Å². The zero-order valence-corrected chi connectivity index (χ0v) is 17.4. The van der Waals surface area contributed by atoms with Crippen LogP contribution in [-0.4, -0.2) is 39.3 Å². The standard InChI is InChI=1S/C18H16ClN3O4S2/c1-3-25-17(24)14(16-20-10(2)8-27-16)13(23)9-28-18-22-21-15(26-18)11-5-4-6-12(19)7-11/h4-8,14H,3,9H2,1-2H3/t14-/m0/s1. The van der Waals surface area contributed by atoms with E-state index in [1.807, 2.05) is 0 Å². The minimum Gasteiger partial charge on any atom is -0.465 e. The lowest BCUT2D eigenvalue weighted by Gasteiger charge is -2.11. The van der Waals surface area contributed by atoms with Crippen molar-refractivity contribution in [2.75, 3.05) is 12.4 Å². The third-order valence-corrected chi connectivity index (χ3v) is 5.65. The van der Waals surface area contributed by atoms with Gasteiger partial charge in [0.25, 0.3) is 5.22 Å². The Balaban J connectivity index is 1.70. The van der Waals surface area contributed by atoms with Crippen LogP contribution in [0.5, 0.6) is 0 Å². The molecule has 2 aromatic heterocycles. The largest absolute Gasteiger partial charge is 0.465 e. The van der Waals surface area contributed by atoms with Gasteiger partial charge in [-0.15, -0.1) is 21.5 Å². The molecule has 0 saturated carbocycles. The van der Waals surface area contributed by atoms with Crippen LogP contribution >= 0.6 is 34.7 Å². The fourth-order valence-corrected chi connectivity index (χ4v) is 4.09. The van der Waals surface area contributed by atoms with Crippen LogP contribution in [0.25, 0.3) is 11.5 Å². The molecular formula is C18H16ClN3O4S2. The van der Waals surface area contributed by atoms with Gasteiger partial charge in [-0.25, -0.2) is 4.98 Å². The molecule has 0 aliphatic carbocycles. The maximum absolute atomic E-state index is 12.7. The van der Waals surface area contributed by atoms with Crippen molar-refractivity contribution in [1.82, 2.24) is 15.2 Å². The number of aryl methyl sites for hydroxylation is 1. The quantitative estimate of drug-likeness (QED) is 0.294. The summed E-state index contributed by atoms with van der Waals surface area (Å²) in [5.41, 5.74) is 1.43. The van der Waals surface area contributed by atoms with Gasteiger partial charge in [0.15, 0.2) is 11.7 Å². The average Bonchev–Trinajstić information content (AvgIpc) is 3.30. The van der Waals surface area contributed by atoms with Gasteiger partial charge in [0.2, 0.25) is 5.89 Å². The number of thioether (sulfide) groups is 1. The molecular weight excluding hydrogens is 422 g/mol. The lowest BCUT2D eigenvalue weighted by molar-refractivity contribution is -0.147. The maximum atomic E-state index is 12.7. The number of carbonyl (C=O) groups is 2. The lowest BCUT2D eigenvalue weighted by Crippen LogP contribution is -2.25. The summed E-state index contributed by atoms with van der Waals surface area (Å²) in [6.45, 7) is 3.68.